The Morgan fingerprint density at radius 1 is 0.857 bits per heavy atom. The summed E-state index contributed by atoms with van der Waals surface area (Å²) in [5, 5.41) is 9.69. The van der Waals surface area contributed by atoms with Gasteiger partial charge in [0.15, 0.2) is 9.92 Å². The van der Waals surface area contributed by atoms with E-state index in [1.165, 1.54) is 22.7 Å². The second kappa shape index (κ2) is 7.72. The summed E-state index contributed by atoms with van der Waals surface area (Å²) >= 11 is 3.01. The minimum Gasteiger partial charge on any atom is -0.351 e. The topological polar surface area (TPSA) is 92.8 Å². The van der Waals surface area contributed by atoms with Crippen LogP contribution in [0.25, 0.3) is 9.92 Å². The fraction of sp³-hybridized carbons (Fsp3) is 0.333. The highest BCUT2D eigenvalue weighted by Gasteiger charge is 2.18. The number of fused-ring (bicyclic) bond motifs is 2. The van der Waals surface area contributed by atoms with Crippen molar-refractivity contribution in [2.45, 2.75) is 26.7 Å². The second-order valence-electron chi connectivity index (χ2n) is 6.42. The molecule has 0 aliphatic carbocycles. The lowest BCUT2D eigenvalue weighted by Crippen LogP contribution is -2.29. The molecule has 146 valence electrons. The summed E-state index contributed by atoms with van der Waals surface area (Å²) in [6.45, 7) is 4.78. The van der Waals surface area contributed by atoms with E-state index < -0.39 is 0 Å². The Labute approximate surface area is 169 Å². The molecule has 0 aliphatic rings. The summed E-state index contributed by atoms with van der Waals surface area (Å²) in [6, 6.07) is 0. The van der Waals surface area contributed by atoms with Crippen LogP contribution in [0.3, 0.4) is 0 Å². The number of thiazole rings is 2. The summed E-state index contributed by atoms with van der Waals surface area (Å²) in [5.74, 6) is -0.246. The average Bonchev–Trinajstić information content (AvgIpc) is 3.38. The summed E-state index contributed by atoms with van der Waals surface area (Å²) in [6.07, 6.45) is 5.26. The summed E-state index contributed by atoms with van der Waals surface area (Å²) in [4.78, 5) is 35.3. The number of carbonyl (C=O) groups is 2. The van der Waals surface area contributed by atoms with Crippen LogP contribution in [-0.4, -0.2) is 43.7 Å². The van der Waals surface area contributed by atoms with Gasteiger partial charge in [-0.15, -0.1) is 22.7 Å². The number of hydrogen-bond donors (Lipinski definition) is 2. The number of aryl methyl sites for hydroxylation is 2. The van der Waals surface area contributed by atoms with Crippen molar-refractivity contribution >= 4 is 44.4 Å². The predicted molar refractivity (Wildman–Crippen MR) is 110 cm³/mol. The summed E-state index contributed by atoms with van der Waals surface area (Å²) in [7, 11) is 0. The van der Waals surface area contributed by atoms with Gasteiger partial charge in [-0.2, -0.15) is 0 Å². The maximum atomic E-state index is 12.4. The van der Waals surface area contributed by atoms with Crippen LogP contribution < -0.4 is 10.6 Å². The van der Waals surface area contributed by atoms with Gasteiger partial charge in [0.25, 0.3) is 11.8 Å². The van der Waals surface area contributed by atoms with E-state index in [-0.39, 0.29) is 11.8 Å². The first-order valence-corrected chi connectivity index (χ1v) is 10.7. The van der Waals surface area contributed by atoms with Crippen molar-refractivity contribution in [3.8, 4) is 0 Å². The third-order valence-electron chi connectivity index (χ3n) is 4.48. The molecular formula is C18H20N6O2S2. The first-order chi connectivity index (χ1) is 13.6. The van der Waals surface area contributed by atoms with Crippen LogP contribution >= 0.6 is 22.7 Å². The maximum absolute atomic E-state index is 12.4. The first-order valence-electron chi connectivity index (χ1n) is 8.97. The van der Waals surface area contributed by atoms with Gasteiger partial charge in [-0.05, 0) is 26.7 Å². The zero-order chi connectivity index (χ0) is 19.7. The van der Waals surface area contributed by atoms with Crippen molar-refractivity contribution in [2.24, 2.45) is 0 Å². The molecule has 0 aliphatic heterocycles. The first kappa shape index (κ1) is 18.6. The van der Waals surface area contributed by atoms with Crippen molar-refractivity contribution in [3.05, 3.63) is 45.9 Å². The van der Waals surface area contributed by atoms with Gasteiger partial charge in [0.2, 0.25) is 0 Å². The summed E-state index contributed by atoms with van der Waals surface area (Å²) in [5.41, 5.74) is 2.63. The number of amides is 2. The molecule has 4 rings (SSSR count). The fourth-order valence-corrected chi connectivity index (χ4v) is 4.68. The lowest BCUT2D eigenvalue weighted by atomic mass is 10.2. The highest BCUT2D eigenvalue weighted by molar-refractivity contribution is 7.15. The molecular weight excluding hydrogens is 396 g/mol. The number of imidazole rings is 2. The van der Waals surface area contributed by atoms with Crippen LogP contribution in [0.4, 0.5) is 0 Å². The quantitative estimate of drug-likeness (QED) is 0.453. The van der Waals surface area contributed by atoms with Gasteiger partial charge in [-0.1, -0.05) is 0 Å². The lowest BCUT2D eigenvalue weighted by Gasteiger charge is -2.07. The molecule has 0 spiro atoms. The standard InChI is InChI=1S/C18H20N6O2S2/c1-11-13(23-7-9-27-17(23)21-11)15(25)19-5-3-4-6-20-16(26)14-12(2)22-18-24(14)8-10-28-18/h7-10H,3-6H2,1-2H3,(H,19,25)(H,20,26). The largest absolute Gasteiger partial charge is 0.351 e. The molecule has 4 heterocycles. The smallest absolute Gasteiger partial charge is 0.270 e. The van der Waals surface area contributed by atoms with E-state index in [0.717, 1.165) is 34.2 Å². The summed E-state index contributed by atoms with van der Waals surface area (Å²) < 4.78 is 3.63. The molecule has 2 amide bonds. The molecule has 28 heavy (non-hydrogen) atoms. The zero-order valence-electron chi connectivity index (χ0n) is 15.6. The van der Waals surface area contributed by atoms with Gasteiger partial charge in [-0.25, -0.2) is 9.97 Å². The number of unbranched alkanes of at least 4 members (excludes halogenated alkanes) is 1. The van der Waals surface area contributed by atoms with Crippen molar-refractivity contribution in [1.29, 1.82) is 0 Å². The molecule has 8 nitrogen and oxygen atoms in total. The number of aromatic nitrogens is 4. The van der Waals surface area contributed by atoms with Crippen LogP contribution in [0.5, 0.6) is 0 Å². The Morgan fingerprint density at radius 2 is 1.29 bits per heavy atom. The normalized spacial score (nSPS) is 11.4. The average molecular weight is 417 g/mol. The lowest BCUT2D eigenvalue weighted by molar-refractivity contribution is 0.0933. The van der Waals surface area contributed by atoms with Crippen LogP contribution in [0.2, 0.25) is 0 Å². The molecule has 0 fully saturated rings. The SMILES string of the molecule is Cc1nc2sccn2c1C(=O)NCCCCNC(=O)c1c(C)nc2sccn12. The van der Waals surface area contributed by atoms with Crippen molar-refractivity contribution in [2.75, 3.05) is 13.1 Å². The second-order valence-corrected chi connectivity index (χ2v) is 8.17. The molecule has 0 radical (unpaired) electrons. The Morgan fingerprint density at radius 3 is 1.71 bits per heavy atom. The van der Waals surface area contributed by atoms with Crippen molar-refractivity contribution < 1.29 is 9.59 Å². The third kappa shape index (κ3) is 3.40. The number of nitrogens with zero attached hydrogens (tertiary/aromatic N) is 4. The zero-order valence-corrected chi connectivity index (χ0v) is 17.2. The monoisotopic (exact) mass is 416 g/mol. The van der Waals surface area contributed by atoms with E-state index in [4.69, 9.17) is 0 Å². The van der Waals surface area contributed by atoms with Gasteiger partial charge in [0.1, 0.15) is 11.4 Å². The van der Waals surface area contributed by atoms with Crippen LogP contribution in [0, 0.1) is 13.8 Å². The van der Waals surface area contributed by atoms with E-state index in [1.54, 1.807) is 0 Å². The van der Waals surface area contributed by atoms with Gasteiger partial charge >= 0.3 is 0 Å². The van der Waals surface area contributed by atoms with Crippen LogP contribution in [0.15, 0.2) is 23.2 Å². The van der Waals surface area contributed by atoms with E-state index in [0.29, 0.717) is 24.5 Å². The number of hydrogen-bond acceptors (Lipinski definition) is 6. The highest BCUT2D eigenvalue weighted by Crippen LogP contribution is 2.17. The highest BCUT2D eigenvalue weighted by atomic mass is 32.1. The predicted octanol–water partition coefficient (Wildman–Crippen LogP) is 2.66. The van der Waals surface area contributed by atoms with E-state index >= 15 is 0 Å². The van der Waals surface area contributed by atoms with Crippen LogP contribution in [-0.2, 0) is 0 Å². The number of rotatable bonds is 7. The molecule has 0 bridgehead atoms. The Bertz CT molecular complexity index is 1060. The van der Waals surface area contributed by atoms with Gasteiger partial charge < -0.3 is 10.6 Å². The molecule has 2 N–H and O–H groups in total. The molecule has 4 aromatic rings. The van der Waals surface area contributed by atoms with E-state index in [2.05, 4.69) is 20.6 Å². The Kier molecular flexibility index (Phi) is 5.14. The Hall–Kier alpha value is -2.72. The molecule has 0 unspecified atom stereocenters. The van der Waals surface area contributed by atoms with Crippen molar-refractivity contribution in [1.82, 2.24) is 29.4 Å². The minimum atomic E-state index is -0.123. The van der Waals surface area contributed by atoms with Gasteiger partial charge in [0, 0.05) is 36.2 Å². The fourth-order valence-electron chi connectivity index (χ4n) is 3.16. The number of nitrogens with one attached hydrogen (secondary N) is 2. The molecule has 0 saturated heterocycles. The van der Waals surface area contributed by atoms with Gasteiger partial charge in [-0.3, -0.25) is 18.4 Å². The molecule has 0 aromatic carbocycles. The van der Waals surface area contributed by atoms with Gasteiger partial charge in [0.05, 0.1) is 11.4 Å². The minimum absolute atomic E-state index is 0.123. The van der Waals surface area contributed by atoms with Crippen LogP contribution in [0.1, 0.15) is 45.2 Å². The molecule has 10 heteroatoms. The van der Waals surface area contributed by atoms with E-state index in [9.17, 15) is 9.59 Å². The maximum Gasteiger partial charge on any atom is 0.270 e. The Balaban J connectivity index is 1.23. The third-order valence-corrected chi connectivity index (χ3v) is 5.99. The molecule has 4 aromatic heterocycles. The molecule has 0 atom stereocenters. The van der Waals surface area contributed by atoms with Crippen molar-refractivity contribution in [3.63, 3.8) is 0 Å². The number of carbonyl (C=O) groups excluding carboxylic acids is 2. The molecule has 0 saturated carbocycles. The van der Waals surface area contributed by atoms with E-state index in [1.807, 2.05) is 45.8 Å².